The Bertz CT molecular complexity index is 776. The molecule has 152 valence electrons. The van der Waals surface area contributed by atoms with E-state index in [4.69, 9.17) is 14.3 Å². The van der Waals surface area contributed by atoms with Crippen molar-refractivity contribution in [2.45, 2.75) is 26.2 Å². The molecular formula is C19H27IN6O2. The van der Waals surface area contributed by atoms with Gasteiger partial charge in [-0.1, -0.05) is 11.2 Å². The van der Waals surface area contributed by atoms with E-state index in [9.17, 15) is 0 Å². The van der Waals surface area contributed by atoms with Gasteiger partial charge in [-0.3, -0.25) is 9.98 Å². The lowest BCUT2D eigenvalue weighted by Crippen LogP contribution is -2.41. The van der Waals surface area contributed by atoms with Gasteiger partial charge in [0.05, 0.1) is 6.61 Å². The third kappa shape index (κ3) is 4.80. The topological polar surface area (TPSA) is 88.7 Å². The summed E-state index contributed by atoms with van der Waals surface area (Å²) in [6, 6.07) is 5.62. The van der Waals surface area contributed by atoms with Crippen LogP contribution in [-0.4, -0.2) is 65.4 Å². The molecule has 4 heterocycles. The Kier molecular flexibility index (Phi) is 7.22. The summed E-state index contributed by atoms with van der Waals surface area (Å²) >= 11 is 0. The quantitative estimate of drug-likeness (QED) is 0.385. The normalized spacial score (nSPS) is 21.9. The number of halogens is 1. The van der Waals surface area contributed by atoms with Gasteiger partial charge in [0.1, 0.15) is 5.69 Å². The van der Waals surface area contributed by atoms with Crippen molar-refractivity contribution in [3.63, 3.8) is 0 Å². The van der Waals surface area contributed by atoms with Gasteiger partial charge in [-0.05, 0) is 31.9 Å². The fourth-order valence-electron chi connectivity index (χ4n) is 3.72. The van der Waals surface area contributed by atoms with Crippen LogP contribution < -0.4 is 5.32 Å². The first-order valence-electron chi connectivity index (χ1n) is 9.63. The Labute approximate surface area is 182 Å². The molecule has 28 heavy (non-hydrogen) atoms. The second-order valence-corrected chi connectivity index (χ2v) is 7.19. The average molecular weight is 498 g/mol. The van der Waals surface area contributed by atoms with Gasteiger partial charge in [0, 0.05) is 50.8 Å². The zero-order valence-corrected chi connectivity index (χ0v) is 18.5. The van der Waals surface area contributed by atoms with Crippen molar-refractivity contribution < 1.29 is 9.26 Å². The van der Waals surface area contributed by atoms with E-state index in [-0.39, 0.29) is 24.0 Å². The molecule has 4 rings (SSSR count). The van der Waals surface area contributed by atoms with E-state index in [1.54, 1.807) is 6.20 Å². The van der Waals surface area contributed by atoms with E-state index >= 15 is 0 Å². The first-order valence-corrected chi connectivity index (χ1v) is 9.63. The first kappa shape index (κ1) is 21.0. The number of likely N-dealkylation sites (tertiary alicyclic amines) is 1. The number of pyridine rings is 1. The summed E-state index contributed by atoms with van der Waals surface area (Å²) in [7, 11) is 0. The lowest BCUT2D eigenvalue weighted by Gasteiger charge is -2.24. The first-order chi connectivity index (χ1) is 13.3. The summed E-state index contributed by atoms with van der Waals surface area (Å²) in [6.45, 7) is 7.37. The molecule has 1 N–H and O–H groups in total. The Balaban J connectivity index is 0.00000225. The zero-order valence-electron chi connectivity index (χ0n) is 16.1. The smallest absolute Gasteiger partial charge is 0.276 e. The van der Waals surface area contributed by atoms with Gasteiger partial charge in [-0.25, -0.2) is 0 Å². The molecule has 0 amide bonds. The minimum atomic E-state index is 0. The average Bonchev–Trinajstić information content (AvgIpc) is 3.44. The number of nitrogens with zero attached hydrogens (tertiary/aromatic N) is 5. The fourth-order valence-corrected chi connectivity index (χ4v) is 3.72. The summed E-state index contributed by atoms with van der Waals surface area (Å²) in [5.74, 6) is 2.07. The number of guanidine groups is 1. The monoisotopic (exact) mass is 498 g/mol. The minimum Gasteiger partial charge on any atom is -0.381 e. The molecule has 1 spiro atoms. The molecule has 0 aromatic carbocycles. The molecule has 1 unspecified atom stereocenters. The molecule has 2 aliphatic rings. The van der Waals surface area contributed by atoms with Crippen molar-refractivity contribution in [1.82, 2.24) is 25.3 Å². The number of hydrogen-bond acceptors (Lipinski definition) is 6. The van der Waals surface area contributed by atoms with Crippen LogP contribution in [0.1, 0.15) is 25.6 Å². The summed E-state index contributed by atoms with van der Waals surface area (Å²) in [6.07, 6.45) is 4.68. The van der Waals surface area contributed by atoms with E-state index < -0.39 is 0 Å². The number of rotatable bonds is 5. The molecule has 0 aliphatic carbocycles. The van der Waals surface area contributed by atoms with Crippen molar-refractivity contribution in [2.75, 3.05) is 39.4 Å². The predicted molar refractivity (Wildman–Crippen MR) is 117 cm³/mol. The van der Waals surface area contributed by atoms with E-state index in [0.717, 1.165) is 45.2 Å². The van der Waals surface area contributed by atoms with Crippen molar-refractivity contribution in [3.8, 4) is 11.6 Å². The highest BCUT2D eigenvalue weighted by atomic mass is 127. The summed E-state index contributed by atoms with van der Waals surface area (Å²) in [4.78, 5) is 15.8. The van der Waals surface area contributed by atoms with Crippen LogP contribution in [0.2, 0.25) is 0 Å². The molecule has 2 fully saturated rings. The molecule has 0 bridgehead atoms. The van der Waals surface area contributed by atoms with Crippen LogP contribution in [0.25, 0.3) is 11.6 Å². The highest BCUT2D eigenvalue weighted by Crippen LogP contribution is 2.38. The second kappa shape index (κ2) is 9.64. The lowest BCUT2D eigenvalue weighted by molar-refractivity contribution is 0.156. The molecule has 2 aromatic rings. The molecule has 1 atom stereocenters. The van der Waals surface area contributed by atoms with Crippen LogP contribution in [0.4, 0.5) is 0 Å². The molecule has 0 saturated carbocycles. The van der Waals surface area contributed by atoms with Crippen LogP contribution in [-0.2, 0) is 11.2 Å². The van der Waals surface area contributed by atoms with Gasteiger partial charge in [-0.2, -0.15) is 4.98 Å². The number of ether oxygens (including phenoxy) is 1. The van der Waals surface area contributed by atoms with Gasteiger partial charge in [0.2, 0.25) is 0 Å². The van der Waals surface area contributed by atoms with Crippen molar-refractivity contribution >= 4 is 29.9 Å². The molecular weight excluding hydrogens is 471 g/mol. The van der Waals surface area contributed by atoms with Crippen LogP contribution in [0.3, 0.4) is 0 Å². The van der Waals surface area contributed by atoms with E-state index in [1.165, 1.54) is 6.42 Å². The summed E-state index contributed by atoms with van der Waals surface area (Å²) in [5.41, 5.74) is 1.01. The highest BCUT2D eigenvalue weighted by molar-refractivity contribution is 14.0. The standard InChI is InChI=1S/C19H26N6O2.HI/c1-2-20-18(25-11-7-19(13-25)8-12-26-14-19)22-10-6-16-23-17(27-24-16)15-5-3-4-9-21-15;/h3-5,9H,2,6-8,10-14H2,1H3,(H,20,22);1H. The fraction of sp³-hybridized carbons (Fsp3) is 0.579. The second-order valence-electron chi connectivity index (χ2n) is 7.19. The van der Waals surface area contributed by atoms with Crippen LogP contribution in [0.5, 0.6) is 0 Å². The molecule has 9 heteroatoms. The molecule has 2 aliphatic heterocycles. The largest absolute Gasteiger partial charge is 0.381 e. The summed E-state index contributed by atoms with van der Waals surface area (Å²) < 4.78 is 10.9. The van der Waals surface area contributed by atoms with Crippen LogP contribution in [0.15, 0.2) is 33.9 Å². The predicted octanol–water partition coefficient (Wildman–Crippen LogP) is 2.37. The highest BCUT2D eigenvalue weighted by Gasteiger charge is 2.42. The maximum atomic E-state index is 5.63. The molecule has 8 nitrogen and oxygen atoms in total. The van der Waals surface area contributed by atoms with Crippen molar-refractivity contribution in [1.29, 1.82) is 0 Å². The molecule has 2 aromatic heterocycles. The Hall–Kier alpha value is -1.75. The van der Waals surface area contributed by atoms with Gasteiger partial charge < -0.3 is 19.5 Å². The number of aliphatic imine (C=N–C) groups is 1. The Morgan fingerprint density at radius 1 is 1.36 bits per heavy atom. The minimum absolute atomic E-state index is 0. The number of nitrogens with one attached hydrogen (secondary N) is 1. The molecule has 2 saturated heterocycles. The summed E-state index contributed by atoms with van der Waals surface area (Å²) in [5, 5.41) is 7.45. The van der Waals surface area contributed by atoms with Crippen molar-refractivity contribution in [3.05, 3.63) is 30.2 Å². The van der Waals surface area contributed by atoms with Crippen LogP contribution >= 0.6 is 24.0 Å². The van der Waals surface area contributed by atoms with E-state index in [2.05, 4.69) is 32.3 Å². The van der Waals surface area contributed by atoms with Crippen molar-refractivity contribution in [2.24, 2.45) is 10.4 Å². The van der Waals surface area contributed by atoms with Crippen LogP contribution in [0, 0.1) is 5.41 Å². The number of aromatic nitrogens is 3. The van der Waals surface area contributed by atoms with E-state index in [0.29, 0.717) is 35.8 Å². The Morgan fingerprint density at radius 2 is 2.29 bits per heavy atom. The third-order valence-electron chi connectivity index (χ3n) is 5.21. The van der Waals surface area contributed by atoms with Gasteiger partial charge >= 0.3 is 0 Å². The Morgan fingerprint density at radius 3 is 3.04 bits per heavy atom. The lowest BCUT2D eigenvalue weighted by atomic mass is 9.87. The maximum absolute atomic E-state index is 5.63. The van der Waals surface area contributed by atoms with Gasteiger partial charge in [0.15, 0.2) is 11.8 Å². The third-order valence-corrected chi connectivity index (χ3v) is 5.21. The molecule has 0 radical (unpaired) electrons. The number of hydrogen-bond donors (Lipinski definition) is 1. The maximum Gasteiger partial charge on any atom is 0.276 e. The zero-order chi connectivity index (χ0) is 18.5. The SMILES string of the molecule is CCNC(=NCCc1noc(-c2ccccn2)n1)N1CCC2(CCOC2)C1.I. The van der Waals surface area contributed by atoms with Gasteiger partial charge in [0.25, 0.3) is 5.89 Å². The van der Waals surface area contributed by atoms with Gasteiger partial charge in [-0.15, -0.1) is 24.0 Å². The van der Waals surface area contributed by atoms with E-state index in [1.807, 2.05) is 18.2 Å².